The highest BCUT2D eigenvalue weighted by Crippen LogP contribution is 1.99. The molecule has 1 atom stereocenters. The van der Waals surface area contributed by atoms with Crippen molar-refractivity contribution in [2.75, 3.05) is 6.61 Å². The molecule has 1 aliphatic heterocycles. The lowest BCUT2D eigenvalue weighted by Crippen LogP contribution is -2.08. The molecule has 54 valence electrons. The molecule has 0 saturated heterocycles. The molecule has 0 aliphatic carbocycles. The number of aliphatic imine (C=N–C) groups is 1. The minimum absolute atomic E-state index is 0.0347. The molecule has 10 heavy (non-hydrogen) atoms. The van der Waals surface area contributed by atoms with Crippen molar-refractivity contribution < 1.29 is 9.53 Å². The van der Waals surface area contributed by atoms with Crippen LogP contribution in [0.15, 0.2) is 17.1 Å². The minimum atomic E-state index is -0.456. The number of primary amides is 1. The number of carbonyl (C=O) groups excluding carboxylic acids is 1. The zero-order valence-electron chi connectivity index (χ0n) is 5.36. The fourth-order valence-corrected chi connectivity index (χ4v) is 0.617. The van der Waals surface area contributed by atoms with Gasteiger partial charge in [0.15, 0.2) is 6.40 Å². The predicted octanol–water partition coefficient (Wildman–Crippen LogP) is -0.545. The molecule has 0 aromatic rings. The van der Waals surface area contributed by atoms with E-state index in [4.69, 9.17) is 10.5 Å². The summed E-state index contributed by atoms with van der Waals surface area (Å²) in [7, 11) is 0. The van der Waals surface area contributed by atoms with Crippen molar-refractivity contribution in [3.63, 3.8) is 0 Å². The summed E-state index contributed by atoms with van der Waals surface area (Å²) in [6, 6.07) is -0.0347. The van der Waals surface area contributed by atoms with Crippen LogP contribution in [0.3, 0.4) is 0 Å². The molecule has 4 nitrogen and oxygen atoms in total. The van der Waals surface area contributed by atoms with Crippen LogP contribution in [-0.2, 0) is 9.53 Å². The van der Waals surface area contributed by atoms with Crippen molar-refractivity contribution in [2.45, 2.75) is 6.04 Å². The van der Waals surface area contributed by atoms with E-state index in [9.17, 15) is 4.79 Å². The number of hydrogen-bond donors (Lipinski definition) is 1. The standard InChI is InChI=1S/C6H8N2O2/c7-6(9)2-1-5-3-10-4-8-5/h1-2,4-5H,3H2,(H2,7,9). The van der Waals surface area contributed by atoms with E-state index in [1.807, 2.05) is 0 Å². The Labute approximate surface area is 58.4 Å². The van der Waals surface area contributed by atoms with Crippen molar-refractivity contribution in [1.82, 2.24) is 0 Å². The van der Waals surface area contributed by atoms with E-state index in [0.29, 0.717) is 6.61 Å². The molecule has 0 radical (unpaired) electrons. The zero-order chi connectivity index (χ0) is 7.40. The van der Waals surface area contributed by atoms with Crippen LogP contribution >= 0.6 is 0 Å². The first-order valence-electron chi connectivity index (χ1n) is 2.90. The molecule has 1 amide bonds. The van der Waals surface area contributed by atoms with E-state index in [0.717, 1.165) is 0 Å². The summed E-state index contributed by atoms with van der Waals surface area (Å²) in [4.78, 5) is 14.1. The fraction of sp³-hybridized carbons (Fsp3) is 0.333. The lowest BCUT2D eigenvalue weighted by Gasteiger charge is -1.93. The normalized spacial score (nSPS) is 23.4. The Morgan fingerprint density at radius 1 is 1.90 bits per heavy atom. The molecule has 4 heteroatoms. The maximum absolute atomic E-state index is 10.2. The second-order valence-corrected chi connectivity index (χ2v) is 1.92. The van der Waals surface area contributed by atoms with Crippen molar-refractivity contribution in [2.24, 2.45) is 10.7 Å². The van der Waals surface area contributed by atoms with Crippen LogP contribution in [0.5, 0.6) is 0 Å². The van der Waals surface area contributed by atoms with E-state index in [2.05, 4.69) is 4.99 Å². The summed E-state index contributed by atoms with van der Waals surface area (Å²) in [5, 5.41) is 0. The molecular weight excluding hydrogens is 132 g/mol. The van der Waals surface area contributed by atoms with Crippen LogP contribution < -0.4 is 5.73 Å². The fourth-order valence-electron chi connectivity index (χ4n) is 0.617. The second-order valence-electron chi connectivity index (χ2n) is 1.92. The van der Waals surface area contributed by atoms with Crippen LogP contribution in [0.1, 0.15) is 0 Å². The number of nitrogens with zero attached hydrogens (tertiary/aromatic N) is 1. The third-order valence-corrected chi connectivity index (χ3v) is 1.08. The van der Waals surface area contributed by atoms with Gasteiger partial charge in [-0.3, -0.25) is 4.79 Å². The average molecular weight is 140 g/mol. The third-order valence-electron chi connectivity index (χ3n) is 1.08. The molecule has 0 fully saturated rings. The monoisotopic (exact) mass is 140 g/mol. The Morgan fingerprint density at radius 2 is 2.70 bits per heavy atom. The van der Waals surface area contributed by atoms with E-state index >= 15 is 0 Å². The van der Waals surface area contributed by atoms with Gasteiger partial charge in [0, 0.05) is 6.08 Å². The molecule has 0 spiro atoms. The summed E-state index contributed by atoms with van der Waals surface area (Å²) < 4.78 is 4.79. The molecule has 0 aromatic heterocycles. The maximum Gasteiger partial charge on any atom is 0.241 e. The van der Waals surface area contributed by atoms with E-state index in [1.165, 1.54) is 12.5 Å². The Morgan fingerprint density at radius 3 is 3.20 bits per heavy atom. The topological polar surface area (TPSA) is 64.7 Å². The lowest BCUT2D eigenvalue weighted by atomic mass is 10.3. The minimum Gasteiger partial charge on any atom is -0.481 e. The van der Waals surface area contributed by atoms with E-state index in [1.54, 1.807) is 6.08 Å². The zero-order valence-corrected chi connectivity index (χ0v) is 5.36. The second kappa shape index (κ2) is 3.00. The number of nitrogens with two attached hydrogens (primary N) is 1. The Balaban J connectivity index is 2.37. The summed E-state index contributed by atoms with van der Waals surface area (Å²) >= 11 is 0. The molecule has 0 saturated carbocycles. The van der Waals surface area contributed by atoms with Crippen LogP contribution in [0.4, 0.5) is 0 Å². The molecule has 0 aromatic carbocycles. The van der Waals surface area contributed by atoms with Gasteiger partial charge in [-0.25, -0.2) is 4.99 Å². The number of ether oxygens (including phenoxy) is 1. The Bertz CT molecular complexity index is 186. The first kappa shape index (κ1) is 6.80. The summed E-state index contributed by atoms with van der Waals surface area (Å²) in [5.74, 6) is -0.456. The molecule has 1 heterocycles. The number of amides is 1. The maximum atomic E-state index is 10.2. The highest BCUT2D eigenvalue weighted by molar-refractivity contribution is 5.85. The van der Waals surface area contributed by atoms with Crippen LogP contribution in [0, 0.1) is 0 Å². The van der Waals surface area contributed by atoms with Gasteiger partial charge in [0.2, 0.25) is 5.91 Å². The van der Waals surface area contributed by atoms with Gasteiger partial charge < -0.3 is 10.5 Å². The molecule has 1 unspecified atom stereocenters. The molecule has 0 bridgehead atoms. The molecule has 1 aliphatic rings. The van der Waals surface area contributed by atoms with Crippen molar-refractivity contribution in [1.29, 1.82) is 0 Å². The van der Waals surface area contributed by atoms with Crippen molar-refractivity contribution in [3.8, 4) is 0 Å². The molecular formula is C6H8N2O2. The van der Waals surface area contributed by atoms with Gasteiger partial charge in [-0.15, -0.1) is 0 Å². The highest BCUT2D eigenvalue weighted by atomic mass is 16.5. The van der Waals surface area contributed by atoms with Gasteiger partial charge in [-0.1, -0.05) is 6.08 Å². The Kier molecular flexibility index (Phi) is 2.04. The van der Waals surface area contributed by atoms with Crippen molar-refractivity contribution >= 4 is 12.3 Å². The van der Waals surface area contributed by atoms with Gasteiger partial charge in [0.25, 0.3) is 0 Å². The molecule has 1 rings (SSSR count). The summed E-state index contributed by atoms with van der Waals surface area (Å²) in [5.41, 5.74) is 4.85. The van der Waals surface area contributed by atoms with E-state index in [-0.39, 0.29) is 6.04 Å². The summed E-state index contributed by atoms with van der Waals surface area (Å²) in [6.07, 6.45) is 4.28. The van der Waals surface area contributed by atoms with Gasteiger partial charge in [-0.2, -0.15) is 0 Å². The van der Waals surface area contributed by atoms with Gasteiger partial charge in [0.1, 0.15) is 12.6 Å². The molecule has 2 N–H and O–H groups in total. The first-order valence-corrected chi connectivity index (χ1v) is 2.90. The van der Waals surface area contributed by atoms with Gasteiger partial charge in [-0.05, 0) is 0 Å². The quantitative estimate of drug-likeness (QED) is 0.523. The SMILES string of the molecule is NC(=O)C=CC1COC=N1. The van der Waals surface area contributed by atoms with E-state index < -0.39 is 5.91 Å². The highest BCUT2D eigenvalue weighted by Gasteiger charge is 2.06. The number of carbonyl (C=O) groups is 1. The van der Waals surface area contributed by atoms with Crippen LogP contribution in [-0.4, -0.2) is 25.0 Å². The summed E-state index contributed by atoms with van der Waals surface area (Å²) in [6.45, 7) is 0.504. The lowest BCUT2D eigenvalue weighted by molar-refractivity contribution is -0.113. The predicted molar refractivity (Wildman–Crippen MR) is 36.6 cm³/mol. The van der Waals surface area contributed by atoms with Gasteiger partial charge in [0.05, 0.1) is 0 Å². The number of hydrogen-bond acceptors (Lipinski definition) is 3. The Hall–Kier alpha value is -1.32. The first-order chi connectivity index (χ1) is 4.79. The largest absolute Gasteiger partial charge is 0.481 e. The van der Waals surface area contributed by atoms with Gasteiger partial charge >= 0.3 is 0 Å². The van der Waals surface area contributed by atoms with Crippen molar-refractivity contribution in [3.05, 3.63) is 12.2 Å². The smallest absolute Gasteiger partial charge is 0.241 e. The van der Waals surface area contributed by atoms with Crippen LogP contribution in [0.2, 0.25) is 0 Å². The third kappa shape index (κ3) is 1.89. The number of rotatable bonds is 2. The average Bonchev–Trinajstić information content (AvgIpc) is 2.34. The van der Waals surface area contributed by atoms with Crippen LogP contribution in [0.25, 0.3) is 0 Å².